The summed E-state index contributed by atoms with van der Waals surface area (Å²) in [5.41, 5.74) is 2.44. The van der Waals surface area contributed by atoms with Crippen molar-refractivity contribution in [3.63, 3.8) is 0 Å². The zero-order valence-electron chi connectivity index (χ0n) is 11.3. The van der Waals surface area contributed by atoms with Crippen LogP contribution in [0.25, 0.3) is 5.69 Å². The SMILES string of the molecule is c1ccc(-n2cc(CN3CCCCCC3)cn2)cc1. The van der Waals surface area contributed by atoms with Crippen LogP contribution in [0.2, 0.25) is 0 Å². The summed E-state index contributed by atoms with van der Waals surface area (Å²) in [5.74, 6) is 0. The Morgan fingerprint density at radius 2 is 1.68 bits per heavy atom. The first-order valence-electron chi connectivity index (χ1n) is 7.23. The molecule has 100 valence electrons. The maximum atomic E-state index is 4.47. The molecule has 1 aliphatic heterocycles. The van der Waals surface area contributed by atoms with Crippen LogP contribution < -0.4 is 0 Å². The van der Waals surface area contributed by atoms with Gasteiger partial charge in [0, 0.05) is 18.3 Å². The first-order chi connectivity index (χ1) is 9.42. The van der Waals surface area contributed by atoms with Gasteiger partial charge in [0.1, 0.15) is 0 Å². The van der Waals surface area contributed by atoms with Gasteiger partial charge in [0.15, 0.2) is 0 Å². The van der Waals surface area contributed by atoms with Crippen molar-refractivity contribution in [2.75, 3.05) is 13.1 Å². The lowest BCUT2D eigenvalue weighted by molar-refractivity contribution is 0.277. The van der Waals surface area contributed by atoms with E-state index in [-0.39, 0.29) is 0 Å². The minimum atomic E-state index is 1.03. The van der Waals surface area contributed by atoms with Crippen molar-refractivity contribution in [3.8, 4) is 5.69 Å². The molecule has 0 saturated carbocycles. The lowest BCUT2D eigenvalue weighted by atomic mass is 10.2. The molecular formula is C16H21N3. The predicted molar refractivity (Wildman–Crippen MR) is 77.3 cm³/mol. The van der Waals surface area contributed by atoms with Crippen LogP contribution in [0.1, 0.15) is 31.2 Å². The van der Waals surface area contributed by atoms with Crippen LogP contribution in [0, 0.1) is 0 Å². The number of hydrogen-bond donors (Lipinski definition) is 0. The van der Waals surface area contributed by atoms with Crippen molar-refractivity contribution < 1.29 is 0 Å². The molecule has 2 heterocycles. The molecule has 1 aliphatic rings. The minimum absolute atomic E-state index is 1.03. The molecule has 1 saturated heterocycles. The van der Waals surface area contributed by atoms with Crippen LogP contribution in [0.3, 0.4) is 0 Å². The van der Waals surface area contributed by atoms with E-state index in [9.17, 15) is 0 Å². The largest absolute Gasteiger partial charge is 0.299 e. The van der Waals surface area contributed by atoms with Gasteiger partial charge in [0.2, 0.25) is 0 Å². The lowest BCUT2D eigenvalue weighted by Gasteiger charge is -2.18. The third-order valence-electron chi connectivity index (χ3n) is 3.76. The van der Waals surface area contributed by atoms with Crippen LogP contribution in [0.15, 0.2) is 42.7 Å². The first kappa shape index (κ1) is 12.4. The first-order valence-corrected chi connectivity index (χ1v) is 7.23. The van der Waals surface area contributed by atoms with E-state index in [1.54, 1.807) is 0 Å². The number of nitrogens with zero attached hydrogens (tertiary/aromatic N) is 3. The Morgan fingerprint density at radius 1 is 0.947 bits per heavy atom. The molecule has 1 aromatic carbocycles. The molecule has 3 nitrogen and oxygen atoms in total. The molecule has 0 atom stereocenters. The highest BCUT2D eigenvalue weighted by Gasteiger charge is 2.10. The van der Waals surface area contributed by atoms with Gasteiger partial charge in [-0.2, -0.15) is 5.10 Å². The van der Waals surface area contributed by atoms with Crippen LogP contribution in [-0.2, 0) is 6.54 Å². The summed E-state index contributed by atoms with van der Waals surface area (Å²) in [6, 6.07) is 10.3. The predicted octanol–water partition coefficient (Wildman–Crippen LogP) is 3.25. The highest BCUT2D eigenvalue weighted by Crippen LogP contribution is 2.14. The van der Waals surface area contributed by atoms with E-state index in [0.29, 0.717) is 0 Å². The van der Waals surface area contributed by atoms with E-state index in [4.69, 9.17) is 0 Å². The van der Waals surface area contributed by atoms with Crippen molar-refractivity contribution in [3.05, 3.63) is 48.3 Å². The Hall–Kier alpha value is -1.61. The number of hydrogen-bond acceptors (Lipinski definition) is 2. The van der Waals surface area contributed by atoms with E-state index in [0.717, 1.165) is 12.2 Å². The Kier molecular flexibility index (Phi) is 3.94. The molecule has 0 aliphatic carbocycles. The fourth-order valence-corrected chi connectivity index (χ4v) is 2.72. The summed E-state index contributed by atoms with van der Waals surface area (Å²) in [7, 11) is 0. The number of para-hydroxylation sites is 1. The molecule has 0 spiro atoms. The van der Waals surface area contributed by atoms with Gasteiger partial charge in [-0.15, -0.1) is 0 Å². The summed E-state index contributed by atoms with van der Waals surface area (Å²) in [6.07, 6.45) is 9.61. The minimum Gasteiger partial charge on any atom is -0.299 e. The van der Waals surface area contributed by atoms with E-state index in [2.05, 4.69) is 28.3 Å². The van der Waals surface area contributed by atoms with Crippen LogP contribution in [0.4, 0.5) is 0 Å². The van der Waals surface area contributed by atoms with Gasteiger partial charge in [0.25, 0.3) is 0 Å². The maximum Gasteiger partial charge on any atom is 0.0645 e. The zero-order valence-corrected chi connectivity index (χ0v) is 11.3. The zero-order chi connectivity index (χ0) is 12.9. The number of benzene rings is 1. The third kappa shape index (κ3) is 3.24. The standard InChI is InChI=1S/C16H21N3/c1-2-7-11-18(10-6-1)13-15-12-17-19(14-15)16-8-4-3-5-9-16/h3-5,8-9,12,14H,1-2,6-7,10-11,13H2. The molecule has 0 amide bonds. The molecule has 3 rings (SSSR count). The Bertz CT molecular complexity index is 496. The summed E-state index contributed by atoms with van der Waals surface area (Å²) in [6.45, 7) is 3.50. The number of likely N-dealkylation sites (tertiary alicyclic amines) is 1. The molecule has 0 radical (unpaired) electrons. The highest BCUT2D eigenvalue weighted by atomic mass is 15.3. The summed E-state index contributed by atoms with van der Waals surface area (Å²) in [5, 5.41) is 4.47. The highest BCUT2D eigenvalue weighted by molar-refractivity contribution is 5.30. The second-order valence-electron chi connectivity index (χ2n) is 5.32. The van der Waals surface area contributed by atoms with Gasteiger partial charge in [0.05, 0.1) is 11.9 Å². The Balaban J connectivity index is 1.68. The van der Waals surface area contributed by atoms with E-state index in [1.807, 2.05) is 29.1 Å². The fraction of sp³-hybridized carbons (Fsp3) is 0.438. The van der Waals surface area contributed by atoms with Crippen LogP contribution >= 0.6 is 0 Å². The third-order valence-corrected chi connectivity index (χ3v) is 3.76. The fourth-order valence-electron chi connectivity index (χ4n) is 2.72. The van der Waals surface area contributed by atoms with Crippen molar-refractivity contribution in [2.24, 2.45) is 0 Å². The maximum absolute atomic E-state index is 4.47. The summed E-state index contributed by atoms with van der Waals surface area (Å²) in [4.78, 5) is 2.55. The Labute approximate surface area is 114 Å². The lowest BCUT2D eigenvalue weighted by Crippen LogP contribution is -2.23. The summed E-state index contributed by atoms with van der Waals surface area (Å²) >= 11 is 0. The molecule has 2 aromatic rings. The quantitative estimate of drug-likeness (QED) is 0.839. The molecule has 0 bridgehead atoms. The topological polar surface area (TPSA) is 21.1 Å². The second kappa shape index (κ2) is 6.02. The summed E-state index contributed by atoms with van der Waals surface area (Å²) < 4.78 is 1.97. The van der Waals surface area contributed by atoms with Crippen LogP contribution in [-0.4, -0.2) is 27.8 Å². The number of aromatic nitrogens is 2. The average molecular weight is 255 g/mol. The Morgan fingerprint density at radius 3 is 2.42 bits per heavy atom. The van der Waals surface area contributed by atoms with Gasteiger partial charge >= 0.3 is 0 Å². The van der Waals surface area contributed by atoms with Gasteiger partial charge < -0.3 is 0 Å². The average Bonchev–Trinajstić information content (AvgIpc) is 2.76. The van der Waals surface area contributed by atoms with E-state index < -0.39 is 0 Å². The molecule has 0 unspecified atom stereocenters. The van der Waals surface area contributed by atoms with Crippen molar-refractivity contribution >= 4 is 0 Å². The van der Waals surface area contributed by atoms with Crippen molar-refractivity contribution in [1.29, 1.82) is 0 Å². The van der Waals surface area contributed by atoms with E-state index in [1.165, 1.54) is 44.3 Å². The molecule has 3 heteroatoms. The van der Waals surface area contributed by atoms with Gasteiger partial charge in [-0.3, -0.25) is 4.90 Å². The molecule has 0 N–H and O–H groups in total. The van der Waals surface area contributed by atoms with Gasteiger partial charge in [-0.1, -0.05) is 31.0 Å². The number of rotatable bonds is 3. The smallest absolute Gasteiger partial charge is 0.0645 e. The van der Waals surface area contributed by atoms with E-state index >= 15 is 0 Å². The molecule has 1 fully saturated rings. The molecule has 19 heavy (non-hydrogen) atoms. The monoisotopic (exact) mass is 255 g/mol. The molecule has 1 aromatic heterocycles. The van der Waals surface area contributed by atoms with Crippen molar-refractivity contribution in [1.82, 2.24) is 14.7 Å². The van der Waals surface area contributed by atoms with Gasteiger partial charge in [-0.05, 0) is 38.1 Å². The van der Waals surface area contributed by atoms with Gasteiger partial charge in [-0.25, -0.2) is 4.68 Å². The normalized spacial score (nSPS) is 17.3. The second-order valence-corrected chi connectivity index (χ2v) is 5.32. The molecular weight excluding hydrogens is 234 g/mol. The van der Waals surface area contributed by atoms with Crippen molar-refractivity contribution in [2.45, 2.75) is 32.2 Å². The van der Waals surface area contributed by atoms with Crippen LogP contribution in [0.5, 0.6) is 0 Å².